The molecule has 3 aromatic rings. The molecule has 3 rings (SSSR count). The second kappa shape index (κ2) is 10.4. The Hall–Kier alpha value is -4.47. The number of aromatic nitrogens is 1. The molecule has 176 valence electrons. The van der Waals surface area contributed by atoms with E-state index >= 15 is 0 Å². The highest BCUT2D eigenvalue weighted by molar-refractivity contribution is 6.07. The third kappa shape index (κ3) is 5.66. The summed E-state index contributed by atoms with van der Waals surface area (Å²) in [6.07, 6.45) is 3.02. The number of pyridine rings is 1. The van der Waals surface area contributed by atoms with Crippen LogP contribution in [-0.2, 0) is 14.4 Å². The highest BCUT2D eigenvalue weighted by Crippen LogP contribution is 2.40. The van der Waals surface area contributed by atoms with Gasteiger partial charge in [0.1, 0.15) is 11.6 Å². The van der Waals surface area contributed by atoms with Gasteiger partial charge in [0.2, 0.25) is 5.75 Å². The molecule has 0 aliphatic rings. The maximum Gasteiger partial charge on any atom is 0.308 e. The van der Waals surface area contributed by atoms with E-state index in [1.54, 1.807) is 37.3 Å². The van der Waals surface area contributed by atoms with E-state index in [9.17, 15) is 19.2 Å². The Morgan fingerprint density at radius 2 is 1.50 bits per heavy atom. The lowest BCUT2D eigenvalue weighted by atomic mass is 10.1. The van der Waals surface area contributed by atoms with Gasteiger partial charge < -0.3 is 18.6 Å². The Morgan fingerprint density at radius 3 is 1.97 bits per heavy atom. The first-order valence-corrected chi connectivity index (χ1v) is 10.2. The minimum absolute atomic E-state index is 0.0209. The molecule has 1 atom stereocenters. The van der Waals surface area contributed by atoms with Gasteiger partial charge in [0.25, 0.3) is 5.91 Å². The fourth-order valence-electron chi connectivity index (χ4n) is 3.18. The van der Waals surface area contributed by atoms with Crippen molar-refractivity contribution in [2.75, 3.05) is 4.90 Å². The smallest absolute Gasteiger partial charge is 0.308 e. The van der Waals surface area contributed by atoms with Crippen LogP contribution in [0.1, 0.15) is 49.9 Å². The molecule has 0 saturated carbocycles. The number of ether oxygens (including phenoxy) is 3. The van der Waals surface area contributed by atoms with Crippen LogP contribution in [0.2, 0.25) is 0 Å². The van der Waals surface area contributed by atoms with Gasteiger partial charge >= 0.3 is 17.9 Å². The van der Waals surface area contributed by atoms with Crippen molar-refractivity contribution in [3.63, 3.8) is 0 Å². The molecule has 0 bridgehead atoms. The number of rotatable bonds is 7. The second-order valence-corrected chi connectivity index (χ2v) is 7.14. The zero-order chi connectivity index (χ0) is 24.8. The highest BCUT2D eigenvalue weighted by Gasteiger charge is 2.30. The van der Waals surface area contributed by atoms with E-state index in [2.05, 4.69) is 4.98 Å². The summed E-state index contributed by atoms with van der Waals surface area (Å²) in [5, 5.41) is 0. The normalized spacial score (nSPS) is 11.3. The number of hydrogen-bond acceptors (Lipinski definition) is 9. The number of benzene rings is 1. The van der Waals surface area contributed by atoms with Crippen LogP contribution in [0, 0.1) is 0 Å². The first kappa shape index (κ1) is 24.2. The molecular formula is C24H22N2O8. The van der Waals surface area contributed by atoms with Gasteiger partial charge in [-0.15, -0.1) is 0 Å². The average molecular weight is 466 g/mol. The Morgan fingerprint density at radius 1 is 0.882 bits per heavy atom. The van der Waals surface area contributed by atoms with Gasteiger partial charge in [0, 0.05) is 32.5 Å². The number of esters is 3. The molecular weight excluding hydrogens is 444 g/mol. The Kier molecular flexibility index (Phi) is 7.42. The predicted molar refractivity (Wildman–Crippen MR) is 119 cm³/mol. The Bertz CT molecular complexity index is 1170. The quantitative estimate of drug-likeness (QED) is 0.377. The summed E-state index contributed by atoms with van der Waals surface area (Å²) in [7, 11) is 0. The molecule has 0 unspecified atom stereocenters. The van der Waals surface area contributed by atoms with E-state index < -0.39 is 29.9 Å². The zero-order valence-corrected chi connectivity index (χ0v) is 18.9. The molecule has 0 saturated heterocycles. The molecule has 0 spiro atoms. The fourth-order valence-corrected chi connectivity index (χ4v) is 3.18. The van der Waals surface area contributed by atoms with E-state index in [1.165, 1.54) is 29.5 Å². The van der Waals surface area contributed by atoms with Crippen LogP contribution < -0.4 is 19.1 Å². The third-order valence-corrected chi connectivity index (χ3v) is 4.48. The Balaban J connectivity index is 2.17. The summed E-state index contributed by atoms with van der Waals surface area (Å²) in [4.78, 5) is 54.4. The minimum Gasteiger partial charge on any atom is -0.467 e. The molecule has 0 fully saturated rings. The topological polar surface area (TPSA) is 125 Å². The number of nitrogens with zero attached hydrogens (tertiary/aromatic N) is 2. The van der Waals surface area contributed by atoms with Gasteiger partial charge in [-0.3, -0.25) is 24.1 Å². The van der Waals surface area contributed by atoms with Crippen LogP contribution in [0.3, 0.4) is 0 Å². The predicted octanol–water partition coefficient (Wildman–Crippen LogP) is 3.86. The largest absolute Gasteiger partial charge is 0.467 e. The van der Waals surface area contributed by atoms with Crippen molar-refractivity contribution in [2.45, 2.75) is 33.7 Å². The lowest BCUT2D eigenvalue weighted by Crippen LogP contribution is -2.34. The van der Waals surface area contributed by atoms with E-state index in [0.29, 0.717) is 11.6 Å². The van der Waals surface area contributed by atoms with Crippen molar-refractivity contribution in [3.05, 3.63) is 66.2 Å². The van der Waals surface area contributed by atoms with Crippen molar-refractivity contribution in [1.82, 2.24) is 4.98 Å². The second-order valence-electron chi connectivity index (χ2n) is 7.14. The monoisotopic (exact) mass is 466 g/mol. The average Bonchev–Trinajstić information content (AvgIpc) is 3.30. The van der Waals surface area contributed by atoms with Crippen molar-refractivity contribution in [2.24, 2.45) is 0 Å². The molecule has 0 N–H and O–H groups in total. The number of carbonyl (C=O) groups is 4. The zero-order valence-electron chi connectivity index (χ0n) is 18.9. The lowest BCUT2D eigenvalue weighted by Gasteiger charge is -2.27. The summed E-state index contributed by atoms with van der Waals surface area (Å²) in [6, 6.07) is 10.3. The van der Waals surface area contributed by atoms with E-state index in [0.717, 1.165) is 20.8 Å². The SMILES string of the molecule is CC(=O)Oc1cc(C(=O)N(c2ccccn2)[C@H](C)c2ccco2)cc(OC(C)=O)c1OC(C)=O. The summed E-state index contributed by atoms with van der Waals surface area (Å²) in [5.41, 5.74) is -0.0209. The van der Waals surface area contributed by atoms with Gasteiger partial charge in [0.05, 0.1) is 12.3 Å². The molecule has 0 aliphatic carbocycles. The minimum atomic E-state index is -0.748. The summed E-state index contributed by atoms with van der Waals surface area (Å²) in [6.45, 7) is 5.15. The molecule has 2 heterocycles. The third-order valence-electron chi connectivity index (χ3n) is 4.48. The molecule has 1 amide bonds. The van der Waals surface area contributed by atoms with Gasteiger partial charge in [-0.1, -0.05) is 6.07 Å². The van der Waals surface area contributed by atoms with Crippen LogP contribution in [0.25, 0.3) is 0 Å². The number of furan rings is 1. The van der Waals surface area contributed by atoms with Crippen LogP contribution in [0.4, 0.5) is 5.82 Å². The maximum absolute atomic E-state index is 13.7. The summed E-state index contributed by atoms with van der Waals surface area (Å²) in [5.74, 6) is -2.82. The Labute approximate surface area is 195 Å². The van der Waals surface area contributed by atoms with Gasteiger partial charge in [-0.25, -0.2) is 4.98 Å². The number of carbonyl (C=O) groups excluding carboxylic acids is 4. The van der Waals surface area contributed by atoms with E-state index in [1.807, 2.05) is 0 Å². The van der Waals surface area contributed by atoms with Crippen molar-refractivity contribution < 1.29 is 37.8 Å². The van der Waals surface area contributed by atoms with Crippen molar-refractivity contribution in [3.8, 4) is 17.2 Å². The number of amides is 1. The van der Waals surface area contributed by atoms with Crippen LogP contribution in [-0.4, -0.2) is 28.8 Å². The first-order chi connectivity index (χ1) is 16.2. The molecule has 0 aliphatic heterocycles. The lowest BCUT2D eigenvalue weighted by molar-refractivity contribution is -0.135. The molecule has 0 radical (unpaired) electrons. The van der Waals surface area contributed by atoms with Crippen molar-refractivity contribution >= 4 is 29.6 Å². The number of hydrogen-bond donors (Lipinski definition) is 0. The molecule has 10 nitrogen and oxygen atoms in total. The van der Waals surface area contributed by atoms with Crippen LogP contribution in [0.15, 0.2) is 59.3 Å². The molecule has 10 heteroatoms. The summed E-state index contributed by atoms with van der Waals surface area (Å²) < 4.78 is 20.9. The molecule has 1 aromatic carbocycles. The van der Waals surface area contributed by atoms with Gasteiger partial charge in [-0.05, 0) is 43.3 Å². The summed E-state index contributed by atoms with van der Waals surface area (Å²) >= 11 is 0. The van der Waals surface area contributed by atoms with Crippen LogP contribution in [0.5, 0.6) is 17.2 Å². The van der Waals surface area contributed by atoms with Gasteiger partial charge in [-0.2, -0.15) is 0 Å². The van der Waals surface area contributed by atoms with E-state index in [4.69, 9.17) is 18.6 Å². The molecule has 2 aromatic heterocycles. The molecule has 34 heavy (non-hydrogen) atoms. The highest BCUT2D eigenvalue weighted by atomic mass is 16.6. The fraction of sp³-hybridized carbons (Fsp3) is 0.208. The van der Waals surface area contributed by atoms with Crippen molar-refractivity contribution in [1.29, 1.82) is 0 Å². The van der Waals surface area contributed by atoms with Gasteiger partial charge in [0.15, 0.2) is 11.5 Å². The van der Waals surface area contributed by atoms with Crippen LogP contribution >= 0.6 is 0 Å². The standard InChI is InChI=1S/C24H22N2O8/c1-14(19-8-7-11-31-19)26(22-9-5-6-10-25-22)24(30)18-12-20(32-15(2)27)23(34-17(4)29)21(13-18)33-16(3)28/h5-14H,1-4H3/t14-/m1/s1. The number of anilines is 1. The maximum atomic E-state index is 13.7. The van der Waals surface area contributed by atoms with E-state index in [-0.39, 0.29) is 22.8 Å². The first-order valence-electron chi connectivity index (χ1n) is 10.2.